The van der Waals surface area contributed by atoms with Crippen LogP contribution in [0.25, 0.3) is 0 Å². The van der Waals surface area contributed by atoms with E-state index >= 15 is 0 Å². The Kier molecular flexibility index (Phi) is 5.17. The highest BCUT2D eigenvalue weighted by molar-refractivity contribution is 5.82. The highest BCUT2D eigenvalue weighted by atomic mass is 16.5. The van der Waals surface area contributed by atoms with E-state index in [1.807, 2.05) is 45.9 Å². The van der Waals surface area contributed by atoms with Gasteiger partial charge in [-0.25, -0.2) is 0 Å². The monoisotopic (exact) mass is 278 g/mol. The number of nitrogens with zero attached hydrogens (tertiary/aromatic N) is 1. The zero-order chi connectivity index (χ0) is 15.5. The van der Waals surface area contributed by atoms with E-state index in [0.29, 0.717) is 6.54 Å². The third kappa shape index (κ3) is 3.97. The van der Waals surface area contributed by atoms with Crippen molar-refractivity contribution in [3.63, 3.8) is 0 Å². The summed E-state index contributed by atoms with van der Waals surface area (Å²) in [5.74, 6) is 0.737. The minimum absolute atomic E-state index is 0.0546. The number of methoxy groups -OCH3 is 1. The SMILES string of the molecule is COc1ccc(C)cc1CN(C)C(=O)[C@@H](N)C(C)(C)C. The van der Waals surface area contributed by atoms with Gasteiger partial charge in [-0.1, -0.05) is 38.5 Å². The number of rotatable bonds is 4. The first-order chi connectivity index (χ1) is 9.16. The van der Waals surface area contributed by atoms with Gasteiger partial charge in [0.25, 0.3) is 0 Å². The zero-order valence-corrected chi connectivity index (χ0v) is 13.4. The Morgan fingerprint density at radius 1 is 1.40 bits per heavy atom. The Labute approximate surface area is 121 Å². The fourth-order valence-corrected chi connectivity index (χ4v) is 1.97. The first-order valence-electron chi connectivity index (χ1n) is 6.81. The van der Waals surface area contributed by atoms with E-state index in [1.54, 1.807) is 19.1 Å². The summed E-state index contributed by atoms with van der Waals surface area (Å²) < 4.78 is 5.34. The maximum atomic E-state index is 12.3. The minimum atomic E-state index is -0.511. The van der Waals surface area contributed by atoms with Crippen molar-refractivity contribution in [2.24, 2.45) is 11.1 Å². The van der Waals surface area contributed by atoms with Crippen LogP contribution in [-0.4, -0.2) is 31.0 Å². The number of carbonyl (C=O) groups excluding carboxylic acids is 1. The Hall–Kier alpha value is -1.55. The molecular weight excluding hydrogens is 252 g/mol. The van der Waals surface area contributed by atoms with Crippen LogP contribution in [0.1, 0.15) is 31.9 Å². The van der Waals surface area contributed by atoms with E-state index in [0.717, 1.165) is 16.9 Å². The molecule has 0 aliphatic heterocycles. The summed E-state index contributed by atoms with van der Waals surface area (Å²) in [5.41, 5.74) is 7.91. The molecule has 4 heteroatoms. The van der Waals surface area contributed by atoms with Crippen LogP contribution in [0.5, 0.6) is 5.75 Å². The van der Waals surface area contributed by atoms with Gasteiger partial charge < -0.3 is 15.4 Å². The van der Waals surface area contributed by atoms with Gasteiger partial charge in [-0.3, -0.25) is 4.79 Å². The topological polar surface area (TPSA) is 55.6 Å². The van der Waals surface area contributed by atoms with E-state index < -0.39 is 6.04 Å². The molecule has 0 saturated carbocycles. The number of hydrogen-bond acceptors (Lipinski definition) is 3. The predicted octanol–water partition coefficient (Wildman–Crippen LogP) is 2.34. The lowest BCUT2D eigenvalue weighted by Gasteiger charge is -2.30. The molecule has 0 fully saturated rings. The summed E-state index contributed by atoms with van der Waals surface area (Å²) in [6.45, 7) is 8.42. The second-order valence-electron chi connectivity index (χ2n) is 6.35. The van der Waals surface area contributed by atoms with Gasteiger partial charge in [-0.2, -0.15) is 0 Å². The molecule has 1 amide bonds. The van der Waals surface area contributed by atoms with Gasteiger partial charge in [0.1, 0.15) is 5.75 Å². The maximum Gasteiger partial charge on any atom is 0.240 e. The van der Waals surface area contributed by atoms with Gasteiger partial charge in [0.15, 0.2) is 0 Å². The molecular formula is C16H26N2O2. The minimum Gasteiger partial charge on any atom is -0.496 e. The van der Waals surface area contributed by atoms with E-state index in [9.17, 15) is 4.79 Å². The van der Waals surface area contributed by atoms with Crippen molar-refractivity contribution in [2.75, 3.05) is 14.2 Å². The zero-order valence-electron chi connectivity index (χ0n) is 13.4. The summed E-state index contributed by atoms with van der Waals surface area (Å²) in [6, 6.07) is 5.44. The predicted molar refractivity (Wildman–Crippen MR) is 81.6 cm³/mol. The molecule has 0 unspecified atom stereocenters. The second-order valence-corrected chi connectivity index (χ2v) is 6.35. The smallest absolute Gasteiger partial charge is 0.240 e. The normalized spacial score (nSPS) is 12.9. The second kappa shape index (κ2) is 6.27. The molecule has 0 aliphatic rings. The molecule has 1 atom stereocenters. The lowest BCUT2D eigenvalue weighted by atomic mass is 9.86. The van der Waals surface area contributed by atoms with Gasteiger partial charge >= 0.3 is 0 Å². The number of amides is 1. The third-order valence-electron chi connectivity index (χ3n) is 3.42. The molecule has 0 aromatic heterocycles. The van der Waals surface area contributed by atoms with E-state index in [2.05, 4.69) is 0 Å². The summed E-state index contributed by atoms with van der Waals surface area (Å²) in [6.07, 6.45) is 0. The Balaban J connectivity index is 2.88. The summed E-state index contributed by atoms with van der Waals surface area (Å²) in [7, 11) is 3.41. The van der Waals surface area contributed by atoms with Crippen molar-refractivity contribution in [1.82, 2.24) is 4.90 Å². The molecule has 0 bridgehead atoms. The average Bonchev–Trinajstić information content (AvgIpc) is 2.36. The van der Waals surface area contributed by atoms with E-state index in [1.165, 1.54) is 0 Å². The fraction of sp³-hybridized carbons (Fsp3) is 0.562. The fourth-order valence-electron chi connectivity index (χ4n) is 1.97. The lowest BCUT2D eigenvalue weighted by Crippen LogP contribution is -2.48. The van der Waals surface area contributed by atoms with E-state index in [-0.39, 0.29) is 11.3 Å². The molecule has 0 aliphatic carbocycles. The number of hydrogen-bond donors (Lipinski definition) is 1. The van der Waals surface area contributed by atoms with Gasteiger partial charge in [0.2, 0.25) is 5.91 Å². The van der Waals surface area contributed by atoms with Crippen LogP contribution in [0.15, 0.2) is 18.2 Å². The maximum absolute atomic E-state index is 12.3. The van der Waals surface area contributed by atoms with Crippen LogP contribution in [0, 0.1) is 12.3 Å². The van der Waals surface area contributed by atoms with Crippen LogP contribution in [0.3, 0.4) is 0 Å². The lowest BCUT2D eigenvalue weighted by molar-refractivity contribution is -0.134. The molecule has 4 nitrogen and oxygen atoms in total. The first kappa shape index (κ1) is 16.5. The average molecular weight is 278 g/mol. The number of aryl methyl sites for hydroxylation is 1. The van der Waals surface area contributed by atoms with Crippen molar-refractivity contribution in [3.8, 4) is 5.75 Å². The highest BCUT2D eigenvalue weighted by Crippen LogP contribution is 2.23. The Morgan fingerprint density at radius 2 is 2.00 bits per heavy atom. The Bertz CT molecular complexity index is 478. The number of ether oxygens (including phenoxy) is 1. The number of nitrogens with two attached hydrogens (primary N) is 1. The van der Waals surface area contributed by atoms with E-state index in [4.69, 9.17) is 10.5 Å². The largest absolute Gasteiger partial charge is 0.496 e. The van der Waals surface area contributed by atoms with Gasteiger partial charge in [-0.05, 0) is 18.4 Å². The van der Waals surface area contributed by atoms with Crippen LogP contribution in [-0.2, 0) is 11.3 Å². The number of likely N-dealkylation sites (N-methyl/N-ethyl adjacent to an activating group) is 1. The van der Waals surface area contributed by atoms with Crippen molar-refractivity contribution in [1.29, 1.82) is 0 Å². The molecule has 112 valence electrons. The molecule has 0 saturated heterocycles. The van der Waals surface area contributed by atoms with Crippen LogP contribution in [0.4, 0.5) is 0 Å². The highest BCUT2D eigenvalue weighted by Gasteiger charge is 2.29. The summed E-state index contributed by atoms with van der Waals surface area (Å²) in [5, 5.41) is 0. The van der Waals surface area contributed by atoms with Gasteiger partial charge in [-0.15, -0.1) is 0 Å². The van der Waals surface area contributed by atoms with Crippen molar-refractivity contribution >= 4 is 5.91 Å². The van der Waals surface area contributed by atoms with Crippen molar-refractivity contribution in [3.05, 3.63) is 29.3 Å². The molecule has 2 N–H and O–H groups in total. The summed E-state index contributed by atoms with van der Waals surface area (Å²) in [4.78, 5) is 14.0. The quantitative estimate of drug-likeness (QED) is 0.919. The molecule has 0 radical (unpaired) electrons. The molecule has 20 heavy (non-hydrogen) atoms. The summed E-state index contributed by atoms with van der Waals surface area (Å²) >= 11 is 0. The molecule has 1 rings (SSSR count). The van der Waals surface area contributed by atoms with Gasteiger partial charge in [0, 0.05) is 19.2 Å². The van der Waals surface area contributed by atoms with Crippen LogP contribution in [0.2, 0.25) is 0 Å². The Morgan fingerprint density at radius 3 is 2.50 bits per heavy atom. The van der Waals surface area contributed by atoms with Crippen LogP contribution >= 0.6 is 0 Å². The number of benzene rings is 1. The van der Waals surface area contributed by atoms with Crippen LogP contribution < -0.4 is 10.5 Å². The molecule has 0 heterocycles. The molecule has 1 aromatic rings. The van der Waals surface area contributed by atoms with Gasteiger partial charge in [0.05, 0.1) is 13.2 Å². The molecule has 1 aromatic carbocycles. The number of carbonyl (C=O) groups is 1. The molecule has 0 spiro atoms. The third-order valence-corrected chi connectivity index (χ3v) is 3.42. The van der Waals surface area contributed by atoms with Crippen molar-refractivity contribution < 1.29 is 9.53 Å². The van der Waals surface area contributed by atoms with Crippen molar-refractivity contribution in [2.45, 2.75) is 40.3 Å². The first-order valence-corrected chi connectivity index (χ1v) is 6.81. The standard InChI is InChI=1S/C16H26N2O2/c1-11-7-8-13(20-6)12(9-11)10-18(5)15(19)14(17)16(2,3)4/h7-9,14H,10,17H2,1-6H3/t14-/m1/s1.